The molecular weight excluding hydrogens is 378 g/mol. The highest BCUT2D eigenvalue weighted by molar-refractivity contribution is 8.00. The van der Waals surface area contributed by atoms with E-state index in [2.05, 4.69) is 10.3 Å². The molecule has 2 aromatic heterocycles. The molecule has 0 bridgehead atoms. The lowest BCUT2D eigenvalue weighted by molar-refractivity contribution is -0.118. The average molecular weight is 398 g/mol. The van der Waals surface area contributed by atoms with Gasteiger partial charge in [-0.15, -0.1) is 11.8 Å². The van der Waals surface area contributed by atoms with Gasteiger partial charge in [0.2, 0.25) is 5.91 Å². The maximum Gasteiger partial charge on any atom is 0.230 e. The van der Waals surface area contributed by atoms with Gasteiger partial charge in [0.05, 0.1) is 23.5 Å². The van der Waals surface area contributed by atoms with E-state index in [9.17, 15) is 4.79 Å². The maximum atomic E-state index is 12.4. The number of carbonyl (C=O) groups is 1. The Balaban J connectivity index is 1.53. The summed E-state index contributed by atoms with van der Waals surface area (Å²) < 4.78 is 0. The van der Waals surface area contributed by atoms with Gasteiger partial charge in [-0.3, -0.25) is 14.8 Å². The normalized spacial score (nSPS) is 13.4. The number of fused-ring (bicyclic) bond motifs is 2. The van der Waals surface area contributed by atoms with Gasteiger partial charge in [0.15, 0.2) is 0 Å². The minimum atomic E-state index is 0.00846. The van der Waals surface area contributed by atoms with Crippen molar-refractivity contribution in [2.24, 2.45) is 0 Å². The van der Waals surface area contributed by atoms with Crippen molar-refractivity contribution in [3.8, 4) is 0 Å². The first-order valence-electron chi connectivity index (χ1n) is 9.11. The molecule has 1 aliphatic rings. The predicted molar refractivity (Wildman–Crippen MR) is 110 cm³/mol. The van der Waals surface area contributed by atoms with Crippen molar-refractivity contribution in [3.63, 3.8) is 0 Å². The first-order valence-corrected chi connectivity index (χ1v) is 10.5. The van der Waals surface area contributed by atoms with Crippen LogP contribution in [0.2, 0.25) is 5.02 Å². The highest BCUT2D eigenvalue weighted by atomic mass is 35.5. The quantitative estimate of drug-likeness (QED) is 0.640. The summed E-state index contributed by atoms with van der Waals surface area (Å²) in [6.07, 6.45) is 6.10. The Labute approximate surface area is 167 Å². The molecule has 1 aliphatic carbocycles. The number of rotatable bonds is 5. The number of halogens is 1. The van der Waals surface area contributed by atoms with E-state index in [4.69, 9.17) is 16.6 Å². The minimum absolute atomic E-state index is 0.00846. The minimum Gasteiger partial charge on any atom is -0.350 e. The Morgan fingerprint density at radius 2 is 2.07 bits per heavy atom. The van der Waals surface area contributed by atoms with Crippen LogP contribution in [0.3, 0.4) is 0 Å². The Morgan fingerprint density at radius 3 is 2.93 bits per heavy atom. The number of thioether (sulfide) groups is 1. The van der Waals surface area contributed by atoms with Crippen molar-refractivity contribution in [3.05, 3.63) is 64.6 Å². The molecule has 0 saturated carbocycles. The molecule has 0 atom stereocenters. The van der Waals surface area contributed by atoms with E-state index in [0.29, 0.717) is 17.3 Å². The van der Waals surface area contributed by atoms with E-state index in [1.54, 1.807) is 18.0 Å². The zero-order valence-corrected chi connectivity index (χ0v) is 16.4. The van der Waals surface area contributed by atoms with Crippen molar-refractivity contribution >= 4 is 40.2 Å². The highest BCUT2D eigenvalue weighted by Gasteiger charge is 2.19. The van der Waals surface area contributed by atoms with Gasteiger partial charge < -0.3 is 5.32 Å². The van der Waals surface area contributed by atoms with Crippen LogP contribution in [0, 0.1) is 0 Å². The van der Waals surface area contributed by atoms with E-state index in [1.807, 2.05) is 36.4 Å². The fourth-order valence-electron chi connectivity index (χ4n) is 3.40. The van der Waals surface area contributed by atoms with Gasteiger partial charge in [-0.05, 0) is 55.5 Å². The number of aryl methyl sites for hydroxylation is 1. The second-order valence-corrected chi connectivity index (χ2v) is 8.04. The summed E-state index contributed by atoms with van der Waals surface area (Å²) in [5, 5.41) is 4.72. The zero-order chi connectivity index (χ0) is 18.6. The number of nitrogens with zero attached hydrogens (tertiary/aromatic N) is 2. The SMILES string of the molecule is O=C(CSc1c2c(nc3cc(Cl)ccc13)CCCC2)NCc1ccccn1. The van der Waals surface area contributed by atoms with Crippen LogP contribution >= 0.6 is 23.4 Å². The molecule has 0 unspecified atom stereocenters. The van der Waals surface area contributed by atoms with Gasteiger partial charge >= 0.3 is 0 Å². The molecule has 2 heterocycles. The predicted octanol–water partition coefficient (Wildman–Crippen LogP) is 4.57. The molecule has 3 aromatic rings. The van der Waals surface area contributed by atoms with Crippen molar-refractivity contribution in [2.75, 3.05) is 5.75 Å². The van der Waals surface area contributed by atoms with E-state index in [-0.39, 0.29) is 5.91 Å². The van der Waals surface area contributed by atoms with Gasteiger partial charge in [0, 0.05) is 27.2 Å². The largest absolute Gasteiger partial charge is 0.350 e. The highest BCUT2D eigenvalue weighted by Crippen LogP contribution is 2.36. The molecule has 1 aromatic carbocycles. The Bertz CT molecular complexity index is 978. The average Bonchev–Trinajstić information content (AvgIpc) is 2.70. The van der Waals surface area contributed by atoms with Crippen LogP contribution < -0.4 is 5.32 Å². The van der Waals surface area contributed by atoms with Crippen LogP contribution in [-0.4, -0.2) is 21.6 Å². The summed E-state index contributed by atoms with van der Waals surface area (Å²) in [6, 6.07) is 11.5. The van der Waals surface area contributed by atoms with E-state index in [0.717, 1.165) is 35.1 Å². The first kappa shape index (κ1) is 18.3. The molecule has 0 radical (unpaired) electrons. The molecule has 4 rings (SSSR count). The number of hydrogen-bond donors (Lipinski definition) is 1. The number of hydrogen-bond acceptors (Lipinski definition) is 4. The van der Waals surface area contributed by atoms with E-state index >= 15 is 0 Å². The molecule has 1 amide bonds. The number of pyridine rings is 2. The fraction of sp³-hybridized carbons (Fsp3) is 0.286. The summed E-state index contributed by atoms with van der Waals surface area (Å²) in [7, 11) is 0. The maximum absolute atomic E-state index is 12.4. The lowest BCUT2D eigenvalue weighted by Crippen LogP contribution is -2.25. The molecule has 0 fully saturated rings. The van der Waals surface area contributed by atoms with Gasteiger partial charge in [0.1, 0.15) is 0 Å². The van der Waals surface area contributed by atoms with Gasteiger partial charge in [0.25, 0.3) is 0 Å². The van der Waals surface area contributed by atoms with Crippen molar-refractivity contribution in [1.82, 2.24) is 15.3 Å². The number of aromatic nitrogens is 2. The van der Waals surface area contributed by atoms with Crippen LogP contribution in [0.15, 0.2) is 47.5 Å². The number of nitrogens with one attached hydrogen (secondary N) is 1. The monoisotopic (exact) mass is 397 g/mol. The molecular formula is C21H20ClN3OS. The van der Waals surface area contributed by atoms with Crippen LogP contribution in [0.1, 0.15) is 29.8 Å². The summed E-state index contributed by atoms with van der Waals surface area (Å²) in [4.78, 5) is 22.6. The summed E-state index contributed by atoms with van der Waals surface area (Å²) in [5.74, 6) is 0.384. The third-order valence-electron chi connectivity index (χ3n) is 4.71. The number of amides is 1. The summed E-state index contributed by atoms with van der Waals surface area (Å²) in [6.45, 7) is 0.449. The number of benzene rings is 1. The number of carbonyl (C=O) groups excluding carboxylic acids is 1. The van der Waals surface area contributed by atoms with Crippen LogP contribution in [0.5, 0.6) is 0 Å². The Morgan fingerprint density at radius 1 is 1.19 bits per heavy atom. The Kier molecular flexibility index (Phi) is 5.60. The molecule has 0 saturated heterocycles. The Hall–Kier alpha value is -2.11. The van der Waals surface area contributed by atoms with Crippen molar-refractivity contribution < 1.29 is 4.79 Å². The third kappa shape index (κ3) is 4.25. The van der Waals surface area contributed by atoms with Gasteiger partial charge in [-0.25, -0.2) is 0 Å². The molecule has 1 N–H and O–H groups in total. The molecule has 6 heteroatoms. The van der Waals surface area contributed by atoms with Crippen LogP contribution in [0.25, 0.3) is 10.9 Å². The zero-order valence-electron chi connectivity index (χ0n) is 14.9. The summed E-state index contributed by atoms with van der Waals surface area (Å²) in [5.41, 5.74) is 4.24. The van der Waals surface area contributed by atoms with Crippen molar-refractivity contribution in [2.45, 2.75) is 37.1 Å². The van der Waals surface area contributed by atoms with Crippen LogP contribution in [-0.2, 0) is 24.2 Å². The molecule has 4 nitrogen and oxygen atoms in total. The second kappa shape index (κ2) is 8.28. The lowest BCUT2D eigenvalue weighted by atomic mass is 9.94. The van der Waals surface area contributed by atoms with E-state index < -0.39 is 0 Å². The molecule has 138 valence electrons. The third-order valence-corrected chi connectivity index (χ3v) is 6.11. The molecule has 0 spiro atoms. The second-order valence-electron chi connectivity index (χ2n) is 6.62. The lowest BCUT2D eigenvalue weighted by Gasteiger charge is -2.20. The topological polar surface area (TPSA) is 54.9 Å². The summed E-state index contributed by atoms with van der Waals surface area (Å²) >= 11 is 7.76. The first-order chi connectivity index (χ1) is 13.2. The van der Waals surface area contributed by atoms with Gasteiger partial charge in [-0.1, -0.05) is 23.7 Å². The standard InChI is InChI=1S/C21H20ClN3OS/c22-14-8-9-17-19(11-14)25-18-7-2-1-6-16(18)21(17)27-13-20(26)24-12-15-5-3-4-10-23-15/h3-5,8-11H,1-2,6-7,12-13H2,(H,24,26). The van der Waals surface area contributed by atoms with Crippen LogP contribution in [0.4, 0.5) is 0 Å². The van der Waals surface area contributed by atoms with Gasteiger partial charge in [-0.2, -0.15) is 0 Å². The fourth-order valence-corrected chi connectivity index (χ4v) is 4.67. The smallest absolute Gasteiger partial charge is 0.230 e. The molecule has 0 aliphatic heterocycles. The molecule has 27 heavy (non-hydrogen) atoms. The van der Waals surface area contributed by atoms with E-state index in [1.165, 1.54) is 23.3 Å². The van der Waals surface area contributed by atoms with Crippen molar-refractivity contribution in [1.29, 1.82) is 0 Å².